The number of halogens is 4. The van der Waals surface area contributed by atoms with Crippen LogP contribution in [0.15, 0.2) is 42.7 Å². The lowest BCUT2D eigenvalue weighted by Crippen LogP contribution is -2.49. The highest BCUT2D eigenvalue weighted by Crippen LogP contribution is 2.27. The van der Waals surface area contributed by atoms with Crippen molar-refractivity contribution in [1.82, 2.24) is 24.9 Å². The van der Waals surface area contributed by atoms with Gasteiger partial charge >= 0.3 is 6.36 Å². The summed E-state index contributed by atoms with van der Waals surface area (Å²) in [6, 6.07) is 6.32. The molecule has 1 aliphatic rings. The number of hydrogen-bond acceptors (Lipinski definition) is 7. The zero-order valence-electron chi connectivity index (χ0n) is 19.5. The van der Waals surface area contributed by atoms with Crippen molar-refractivity contribution in [3.05, 3.63) is 53.9 Å². The molecular weight excluding hydrogens is 500 g/mol. The summed E-state index contributed by atoms with van der Waals surface area (Å²) in [4.78, 5) is 31.4. The number of nitrogens with zero attached hydrogens (tertiary/aromatic N) is 5. The smallest absolute Gasteiger partial charge is 0.471 e. The first-order valence-corrected chi connectivity index (χ1v) is 11.1. The molecule has 0 radical (unpaired) electrons. The number of alkyl halides is 4. The van der Waals surface area contributed by atoms with Gasteiger partial charge in [-0.25, -0.2) is 9.37 Å². The fourth-order valence-electron chi connectivity index (χ4n) is 3.82. The highest BCUT2D eigenvalue weighted by molar-refractivity contribution is 5.96. The van der Waals surface area contributed by atoms with Crippen LogP contribution in [0.3, 0.4) is 0 Å². The summed E-state index contributed by atoms with van der Waals surface area (Å²) in [6.07, 6.45) is -4.48. The second-order valence-corrected chi connectivity index (χ2v) is 8.33. The van der Waals surface area contributed by atoms with E-state index in [0.717, 1.165) is 12.1 Å². The number of nitrogens with two attached hydrogens (primary N) is 1. The minimum atomic E-state index is -4.81. The Morgan fingerprint density at radius 3 is 2.51 bits per heavy atom. The quantitative estimate of drug-likeness (QED) is 0.473. The lowest BCUT2D eigenvalue weighted by Gasteiger charge is -2.34. The molecule has 4 rings (SSSR count). The van der Waals surface area contributed by atoms with Gasteiger partial charge in [-0.15, -0.1) is 13.2 Å². The Kier molecular flexibility index (Phi) is 7.27. The Bertz CT molecular complexity index is 1280. The lowest BCUT2D eigenvalue weighted by atomic mass is 10.0. The van der Waals surface area contributed by atoms with Crippen molar-refractivity contribution in [2.24, 2.45) is 12.8 Å². The van der Waals surface area contributed by atoms with Gasteiger partial charge in [-0.2, -0.15) is 15.0 Å². The molecule has 1 fully saturated rings. The SMILES string of the molecule is Cn1ncc(-c2cnc(OC3CCN(C(=O)Cc4ccc(OC(F)(F)F)cc4)C[C@@H]3F)c(C(N)=O)c2)n1. The monoisotopic (exact) mass is 522 g/mol. The van der Waals surface area contributed by atoms with Crippen molar-refractivity contribution >= 4 is 11.8 Å². The summed E-state index contributed by atoms with van der Waals surface area (Å²) >= 11 is 0. The molecule has 3 aromatic rings. The van der Waals surface area contributed by atoms with Crippen molar-refractivity contribution in [2.75, 3.05) is 13.1 Å². The van der Waals surface area contributed by atoms with Crippen LogP contribution in [0, 0.1) is 0 Å². The number of aryl methyl sites for hydroxylation is 1. The maximum atomic E-state index is 15.0. The summed E-state index contributed by atoms with van der Waals surface area (Å²) in [5, 5.41) is 8.10. The van der Waals surface area contributed by atoms with Crippen molar-refractivity contribution in [1.29, 1.82) is 0 Å². The predicted octanol–water partition coefficient (Wildman–Crippen LogP) is 2.44. The van der Waals surface area contributed by atoms with E-state index < -0.39 is 36.2 Å². The summed E-state index contributed by atoms with van der Waals surface area (Å²) in [5.41, 5.74) is 6.81. The van der Waals surface area contributed by atoms with Crippen LogP contribution >= 0.6 is 0 Å². The Morgan fingerprint density at radius 1 is 1.19 bits per heavy atom. The van der Waals surface area contributed by atoms with Crippen molar-refractivity contribution in [3.8, 4) is 22.9 Å². The molecule has 0 bridgehead atoms. The standard InChI is InChI=1S/C23H22F4N6O4/c1-32-30-11-18(31-32)14-9-16(21(28)35)22(29-10-14)36-19-6-7-33(12-17(19)24)20(34)8-13-2-4-15(5-3-13)37-23(25,26)27/h2-5,9-11,17,19H,6-8,12H2,1H3,(H2,28,35)/t17-,19?/m0/s1. The van der Waals surface area contributed by atoms with Gasteiger partial charge in [0.2, 0.25) is 11.8 Å². The number of likely N-dealkylation sites (tertiary alicyclic amines) is 1. The average Bonchev–Trinajstić information content (AvgIpc) is 3.27. The lowest BCUT2D eigenvalue weighted by molar-refractivity contribution is -0.274. The number of hydrogen-bond donors (Lipinski definition) is 1. The Balaban J connectivity index is 1.37. The average molecular weight is 522 g/mol. The minimum absolute atomic E-state index is 0.0493. The largest absolute Gasteiger partial charge is 0.573 e. The van der Waals surface area contributed by atoms with E-state index in [4.69, 9.17) is 10.5 Å². The molecule has 14 heteroatoms. The fourth-order valence-corrected chi connectivity index (χ4v) is 3.82. The molecule has 1 unspecified atom stereocenters. The first-order valence-electron chi connectivity index (χ1n) is 11.1. The number of carbonyl (C=O) groups excluding carboxylic acids is 2. The Labute approximate surface area is 208 Å². The molecule has 1 aromatic carbocycles. The van der Waals surface area contributed by atoms with Gasteiger partial charge in [0.05, 0.1) is 19.2 Å². The van der Waals surface area contributed by atoms with E-state index in [1.54, 1.807) is 7.05 Å². The number of aromatic nitrogens is 4. The molecule has 2 aromatic heterocycles. The van der Waals surface area contributed by atoms with Crippen LogP contribution in [0.4, 0.5) is 17.6 Å². The predicted molar refractivity (Wildman–Crippen MR) is 120 cm³/mol. The maximum absolute atomic E-state index is 15.0. The summed E-state index contributed by atoms with van der Waals surface area (Å²) in [5.74, 6) is -1.74. The van der Waals surface area contributed by atoms with E-state index >= 15 is 0 Å². The highest BCUT2D eigenvalue weighted by Gasteiger charge is 2.34. The van der Waals surface area contributed by atoms with E-state index in [1.807, 2.05) is 0 Å². The number of ether oxygens (including phenoxy) is 2. The summed E-state index contributed by atoms with van der Waals surface area (Å²) in [6.45, 7) is -0.0921. The normalized spacial score (nSPS) is 17.9. The van der Waals surface area contributed by atoms with Crippen LogP contribution in [0.2, 0.25) is 0 Å². The summed E-state index contributed by atoms with van der Waals surface area (Å²) < 4.78 is 61.3. The van der Waals surface area contributed by atoms with Gasteiger partial charge in [0.25, 0.3) is 5.91 Å². The van der Waals surface area contributed by atoms with Gasteiger partial charge in [-0.05, 0) is 23.8 Å². The van der Waals surface area contributed by atoms with E-state index in [1.165, 1.54) is 40.3 Å². The van der Waals surface area contributed by atoms with E-state index in [0.29, 0.717) is 16.8 Å². The third-order valence-corrected chi connectivity index (χ3v) is 5.62. The summed E-state index contributed by atoms with van der Waals surface area (Å²) in [7, 11) is 1.63. The molecule has 1 aliphatic heterocycles. The van der Waals surface area contributed by atoms with Crippen LogP contribution in [-0.4, -0.2) is 68.4 Å². The molecular formula is C23H22F4N6O4. The number of carbonyl (C=O) groups is 2. The van der Waals surface area contributed by atoms with Gasteiger partial charge in [-0.1, -0.05) is 12.1 Å². The second kappa shape index (κ2) is 10.4. The van der Waals surface area contributed by atoms with Crippen molar-refractivity contribution in [3.63, 3.8) is 0 Å². The highest BCUT2D eigenvalue weighted by atomic mass is 19.4. The van der Waals surface area contributed by atoms with Gasteiger partial charge in [0.15, 0.2) is 6.17 Å². The minimum Gasteiger partial charge on any atom is -0.471 e. The molecule has 1 saturated heterocycles. The van der Waals surface area contributed by atoms with E-state index in [9.17, 15) is 27.2 Å². The zero-order chi connectivity index (χ0) is 26.7. The first kappa shape index (κ1) is 25.9. The molecule has 3 heterocycles. The molecule has 2 amide bonds. The number of primary amides is 1. The number of amides is 2. The third-order valence-electron chi connectivity index (χ3n) is 5.62. The van der Waals surface area contributed by atoms with Crippen LogP contribution < -0.4 is 15.2 Å². The van der Waals surface area contributed by atoms with Crippen LogP contribution in [0.25, 0.3) is 11.3 Å². The molecule has 2 N–H and O–H groups in total. The Morgan fingerprint density at radius 2 is 1.92 bits per heavy atom. The van der Waals surface area contributed by atoms with Crippen molar-refractivity contribution < 1.29 is 36.6 Å². The van der Waals surface area contributed by atoms with Gasteiger partial charge in [-0.3, -0.25) is 9.59 Å². The van der Waals surface area contributed by atoms with Crippen LogP contribution in [-0.2, 0) is 18.3 Å². The van der Waals surface area contributed by atoms with Crippen LogP contribution in [0.1, 0.15) is 22.3 Å². The molecule has 2 atom stereocenters. The number of benzene rings is 1. The van der Waals surface area contributed by atoms with Gasteiger partial charge < -0.3 is 20.1 Å². The topological polar surface area (TPSA) is 125 Å². The molecule has 0 saturated carbocycles. The van der Waals surface area contributed by atoms with E-state index in [-0.39, 0.29) is 37.4 Å². The molecule has 196 valence electrons. The molecule has 37 heavy (non-hydrogen) atoms. The third kappa shape index (κ3) is 6.51. The number of piperidine rings is 1. The maximum Gasteiger partial charge on any atom is 0.573 e. The fraction of sp³-hybridized carbons (Fsp3) is 0.348. The second-order valence-electron chi connectivity index (χ2n) is 8.33. The Hall–Kier alpha value is -4.23. The molecule has 10 nitrogen and oxygen atoms in total. The molecule has 0 aliphatic carbocycles. The first-order chi connectivity index (χ1) is 17.5. The number of pyridine rings is 1. The van der Waals surface area contributed by atoms with Crippen molar-refractivity contribution in [2.45, 2.75) is 31.5 Å². The molecule has 0 spiro atoms. The van der Waals surface area contributed by atoms with Gasteiger partial charge in [0.1, 0.15) is 23.1 Å². The number of rotatable bonds is 7. The van der Waals surface area contributed by atoms with Crippen LogP contribution in [0.5, 0.6) is 11.6 Å². The zero-order valence-corrected chi connectivity index (χ0v) is 19.5. The van der Waals surface area contributed by atoms with E-state index in [2.05, 4.69) is 19.9 Å². The van der Waals surface area contributed by atoms with Gasteiger partial charge in [0, 0.05) is 31.8 Å².